The van der Waals surface area contributed by atoms with Crippen molar-refractivity contribution >= 4 is 28.1 Å². The number of rotatable bonds is 6. The van der Waals surface area contributed by atoms with Crippen molar-refractivity contribution in [2.75, 3.05) is 12.3 Å². The summed E-state index contributed by atoms with van der Waals surface area (Å²) in [5, 5.41) is 5.58. The molecule has 0 amide bonds. The first-order valence-electron chi connectivity index (χ1n) is 6.64. The first kappa shape index (κ1) is 13.7. The number of aromatic nitrogens is 2. The molecule has 20 heavy (non-hydrogen) atoms. The second-order valence-corrected chi connectivity index (χ2v) is 6.58. The average molecular weight is 303 g/mol. The summed E-state index contributed by atoms with van der Waals surface area (Å²) < 4.78 is 2.18. The van der Waals surface area contributed by atoms with E-state index in [1.165, 1.54) is 10.6 Å². The Morgan fingerprint density at radius 3 is 3.00 bits per heavy atom. The highest BCUT2D eigenvalue weighted by molar-refractivity contribution is 7.99. The minimum Gasteiger partial charge on any atom is -0.310 e. The normalized spacial score (nSPS) is 11.2. The number of hydrogen-bond donors (Lipinski definition) is 1. The molecule has 3 rings (SSSR count). The van der Waals surface area contributed by atoms with Crippen LogP contribution in [0.25, 0.3) is 4.96 Å². The number of benzene rings is 1. The zero-order valence-corrected chi connectivity index (χ0v) is 13.0. The summed E-state index contributed by atoms with van der Waals surface area (Å²) in [4.78, 5) is 6.97. The molecule has 1 N–H and O–H groups in total. The van der Waals surface area contributed by atoms with Crippen LogP contribution in [0, 0.1) is 6.92 Å². The third-order valence-electron chi connectivity index (χ3n) is 3.14. The Hall–Kier alpha value is -1.30. The first-order valence-corrected chi connectivity index (χ1v) is 8.51. The minimum absolute atomic E-state index is 0.874. The predicted octanol–water partition coefficient (Wildman–Crippen LogP) is 3.59. The van der Waals surface area contributed by atoms with Crippen LogP contribution in [0.2, 0.25) is 0 Å². The van der Waals surface area contributed by atoms with Gasteiger partial charge in [-0.15, -0.1) is 23.1 Å². The van der Waals surface area contributed by atoms with Gasteiger partial charge >= 0.3 is 0 Å². The van der Waals surface area contributed by atoms with Crippen molar-refractivity contribution in [3.63, 3.8) is 0 Å². The largest absolute Gasteiger partial charge is 0.310 e. The van der Waals surface area contributed by atoms with E-state index in [0.717, 1.165) is 29.5 Å². The molecule has 0 fully saturated rings. The summed E-state index contributed by atoms with van der Waals surface area (Å²) in [7, 11) is 0. The van der Waals surface area contributed by atoms with Crippen molar-refractivity contribution in [1.29, 1.82) is 0 Å². The molecule has 2 aromatic heterocycles. The molecule has 3 aromatic rings. The van der Waals surface area contributed by atoms with Crippen molar-refractivity contribution < 1.29 is 0 Å². The van der Waals surface area contributed by atoms with Crippen LogP contribution in [0.3, 0.4) is 0 Å². The molecule has 0 aliphatic carbocycles. The predicted molar refractivity (Wildman–Crippen MR) is 86.7 cm³/mol. The Balaban J connectivity index is 1.48. The average Bonchev–Trinajstić information content (AvgIpc) is 3.02. The molecular weight excluding hydrogens is 286 g/mol. The Kier molecular flexibility index (Phi) is 4.40. The van der Waals surface area contributed by atoms with Gasteiger partial charge in [0.25, 0.3) is 0 Å². The Morgan fingerprint density at radius 2 is 2.15 bits per heavy atom. The number of hydrogen-bond acceptors (Lipinski definition) is 4. The topological polar surface area (TPSA) is 29.3 Å². The molecular formula is C15H17N3S2. The number of nitrogens with one attached hydrogen (secondary N) is 1. The number of aryl methyl sites for hydroxylation is 1. The van der Waals surface area contributed by atoms with E-state index < -0.39 is 0 Å². The lowest BCUT2D eigenvalue weighted by molar-refractivity contribution is 0.707. The lowest BCUT2D eigenvalue weighted by Crippen LogP contribution is -2.18. The number of nitrogens with zero attached hydrogens (tertiary/aromatic N) is 2. The molecule has 2 heterocycles. The zero-order valence-electron chi connectivity index (χ0n) is 11.4. The summed E-state index contributed by atoms with van der Waals surface area (Å²) in [6.07, 6.45) is 2.09. The molecule has 104 valence electrons. The fourth-order valence-electron chi connectivity index (χ4n) is 2.12. The van der Waals surface area contributed by atoms with Gasteiger partial charge in [-0.3, -0.25) is 4.40 Å². The maximum absolute atomic E-state index is 4.56. The summed E-state index contributed by atoms with van der Waals surface area (Å²) in [6, 6.07) is 10.5. The van der Waals surface area contributed by atoms with Crippen molar-refractivity contribution in [3.05, 3.63) is 53.3 Å². The quantitative estimate of drug-likeness (QED) is 0.557. The summed E-state index contributed by atoms with van der Waals surface area (Å²) in [6.45, 7) is 3.95. The molecule has 0 radical (unpaired) electrons. The standard InChI is InChI=1S/C15H17N3S2/c1-12-14(18-8-10-20-15(18)17-12)11-16-7-9-19-13-5-3-2-4-6-13/h2-6,8,10,16H,7,9,11H2,1H3. The van der Waals surface area contributed by atoms with Gasteiger partial charge in [0.05, 0.1) is 11.4 Å². The fraction of sp³-hybridized carbons (Fsp3) is 0.267. The molecule has 0 atom stereocenters. The smallest absolute Gasteiger partial charge is 0.194 e. The van der Waals surface area contributed by atoms with Gasteiger partial charge in [-0.2, -0.15) is 0 Å². The van der Waals surface area contributed by atoms with E-state index in [4.69, 9.17) is 0 Å². The molecule has 0 bridgehead atoms. The fourth-order valence-corrected chi connectivity index (χ4v) is 3.73. The molecule has 0 saturated carbocycles. The Bertz CT molecular complexity index is 673. The van der Waals surface area contributed by atoms with E-state index in [0.29, 0.717) is 0 Å². The number of thiazole rings is 1. The maximum atomic E-state index is 4.56. The lowest BCUT2D eigenvalue weighted by Gasteiger charge is -2.05. The van der Waals surface area contributed by atoms with E-state index in [2.05, 4.69) is 63.5 Å². The first-order chi connectivity index (χ1) is 9.84. The van der Waals surface area contributed by atoms with Gasteiger partial charge in [-0.05, 0) is 19.1 Å². The molecule has 0 unspecified atom stereocenters. The Morgan fingerprint density at radius 1 is 1.30 bits per heavy atom. The molecule has 5 heteroatoms. The molecule has 1 aromatic carbocycles. The van der Waals surface area contributed by atoms with Gasteiger partial charge in [-0.1, -0.05) is 18.2 Å². The van der Waals surface area contributed by atoms with Crippen LogP contribution in [-0.4, -0.2) is 21.7 Å². The van der Waals surface area contributed by atoms with Gasteiger partial charge in [0.1, 0.15) is 0 Å². The van der Waals surface area contributed by atoms with Gasteiger partial charge < -0.3 is 5.32 Å². The van der Waals surface area contributed by atoms with E-state index >= 15 is 0 Å². The van der Waals surface area contributed by atoms with Gasteiger partial charge in [0.2, 0.25) is 0 Å². The van der Waals surface area contributed by atoms with Gasteiger partial charge in [0, 0.05) is 35.3 Å². The van der Waals surface area contributed by atoms with E-state index in [-0.39, 0.29) is 0 Å². The maximum Gasteiger partial charge on any atom is 0.194 e. The van der Waals surface area contributed by atoms with Crippen LogP contribution < -0.4 is 5.32 Å². The van der Waals surface area contributed by atoms with E-state index in [9.17, 15) is 0 Å². The van der Waals surface area contributed by atoms with Crippen LogP contribution in [0.1, 0.15) is 11.4 Å². The van der Waals surface area contributed by atoms with Gasteiger partial charge in [0.15, 0.2) is 4.96 Å². The minimum atomic E-state index is 0.874. The van der Waals surface area contributed by atoms with Crippen molar-refractivity contribution in [3.8, 4) is 0 Å². The van der Waals surface area contributed by atoms with Crippen LogP contribution in [0.15, 0.2) is 46.8 Å². The van der Waals surface area contributed by atoms with E-state index in [1.54, 1.807) is 11.3 Å². The van der Waals surface area contributed by atoms with E-state index in [1.807, 2.05) is 11.8 Å². The number of imidazole rings is 1. The number of fused-ring (bicyclic) bond motifs is 1. The van der Waals surface area contributed by atoms with Crippen LogP contribution in [-0.2, 0) is 6.54 Å². The monoisotopic (exact) mass is 303 g/mol. The molecule has 0 aliphatic rings. The molecule has 0 aliphatic heterocycles. The second kappa shape index (κ2) is 6.43. The third-order valence-corrected chi connectivity index (χ3v) is 4.91. The van der Waals surface area contributed by atoms with Crippen molar-refractivity contribution in [2.45, 2.75) is 18.4 Å². The Labute approximate surface area is 127 Å². The zero-order chi connectivity index (χ0) is 13.8. The van der Waals surface area contributed by atoms with Crippen molar-refractivity contribution in [1.82, 2.24) is 14.7 Å². The van der Waals surface area contributed by atoms with Crippen LogP contribution >= 0.6 is 23.1 Å². The SMILES string of the molecule is Cc1nc2sccn2c1CNCCSc1ccccc1. The van der Waals surface area contributed by atoms with Crippen LogP contribution in [0.4, 0.5) is 0 Å². The van der Waals surface area contributed by atoms with Crippen LogP contribution in [0.5, 0.6) is 0 Å². The van der Waals surface area contributed by atoms with Gasteiger partial charge in [-0.25, -0.2) is 4.98 Å². The highest BCUT2D eigenvalue weighted by Gasteiger charge is 2.08. The lowest BCUT2D eigenvalue weighted by atomic mass is 10.3. The summed E-state index contributed by atoms with van der Waals surface area (Å²) >= 11 is 3.57. The highest BCUT2D eigenvalue weighted by atomic mass is 32.2. The highest BCUT2D eigenvalue weighted by Crippen LogP contribution is 2.17. The molecule has 3 nitrogen and oxygen atoms in total. The molecule has 0 saturated heterocycles. The van der Waals surface area contributed by atoms with Crippen molar-refractivity contribution in [2.24, 2.45) is 0 Å². The second-order valence-electron chi connectivity index (χ2n) is 4.54. The number of thioether (sulfide) groups is 1. The summed E-state index contributed by atoms with van der Waals surface area (Å²) in [5.41, 5.74) is 2.39. The summed E-state index contributed by atoms with van der Waals surface area (Å²) in [5.74, 6) is 1.08. The third kappa shape index (κ3) is 3.06. The molecule has 0 spiro atoms.